The first-order chi connectivity index (χ1) is 15.3. The van der Waals surface area contributed by atoms with Crippen molar-refractivity contribution in [2.75, 3.05) is 11.9 Å². The molecule has 2 amide bonds. The van der Waals surface area contributed by atoms with Crippen molar-refractivity contribution in [2.45, 2.75) is 20.8 Å². The van der Waals surface area contributed by atoms with Crippen molar-refractivity contribution < 1.29 is 14.3 Å². The van der Waals surface area contributed by atoms with E-state index in [2.05, 4.69) is 15.8 Å². The monoisotopic (exact) mass is 472 g/mol. The third-order valence-corrected chi connectivity index (χ3v) is 5.19. The fraction of sp³-hybridized carbons (Fsp3) is 0.174. The Morgan fingerprint density at radius 1 is 1.09 bits per heavy atom. The topological polar surface area (TPSA) is 84.7 Å². The van der Waals surface area contributed by atoms with Gasteiger partial charge in [0.25, 0.3) is 0 Å². The molecule has 0 unspecified atom stereocenters. The maximum Gasteiger partial charge on any atom is 0.329 e. The maximum atomic E-state index is 12.2. The molecule has 32 heavy (non-hydrogen) atoms. The lowest BCUT2D eigenvalue weighted by atomic mass is 10.2. The van der Waals surface area contributed by atoms with Crippen LogP contribution in [0.5, 0.6) is 5.75 Å². The summed E-state index contributed by atoms with van der Waals surface area (Å²) >= 11 is 12.5. The zero-order valence-corrected chi connectivity index (χ0v) is 19.3. The van der Waals surface area contributed by atoms with Gasteiger partial charge < -0.3 is 14.6 Å². The summed E-state index contributed by atoms with van der Waals surface area (Å²) < 4.78 is 7.38. The number of hydrogen-bond acceptors (Lipinski definition) is 4. The quantitative estimate of drug-likeness (QED) is 0.304. The van der Waals surface area contributed by atoms with Gasteiger partial charge in [0.2, 0.25) is 0 Å². The summed E-state index contributed by atoms with van der Waals surface area (Å²) in [6.45, 7) is 6.08. The Morgan fingerprint density at radius 3 is 2.59 bits per heavy atom. The largest absolute Gasteiger partial charge is 0.492 e. The first-order valence-corrected chi connectivity index (χ1v) is 10.6. The molecule has 1 aromatic heterocycles. The number of nitrogens with zero attached hydrogens (tertiary/aromatic N) is 2. The lowest BCUT2D eigenvalue weighted by Gasteiger charge is -2.12. The van der Waals surface area contributed by atoms with Gasteiger partial charge in [0, 0.05) is 22.0 Å². The summed E-state index contributed by atoms with van der Waals surface area (Å²) in [5.74, 6) is -1.28. The molecule has 3 aromatic rings. The molecule has 9 heteroatoms. The van der Waals surface area contributed by atoms with E-state index in [0.29, 0.717) is 28.1 Å². The third-order valence-electron chi connectivity index (χ3n) is 4.63. The van der Waals surface area contributed by atoms with E-state index >= 15 is 0 Å². The Hall–Kier alpha value is -3.29. The molecule has 0 saturated heterocycles. The van der Waals surface area contributed by atoms with Gasteiger partial charge in [-0.3, -0.25) is 9.59 Å². The molecule has 2 aromatic carbocycles. The van der Waals surface area contributed by atoms with Crippen LogP contribution in [0.2, 0.25) is 10.0 Å². The van der Waals surface area contributed by atoms with Gasteiger partial charge in [-0.05, 0) is 57.2 Å². The molecule has 7 nitrogen and oxygen atoms in total. The van der Waals surface area contributed by atoms with Crippen molar-refractivity contribution in [3.05, 3.63) is 75.5 Å². The van der Waals surface area contributed by atoms with Crippen LogP contribution in [-0.2, 0) is 9.59 Å². The van der Waals surface area contributed by atoms with E-state index in [-0.39, 0.29) is 0 Å². The number of benzene rings is 2. The number of amides is 2. The Kier molecular flexibility index (Phi) is 7.56. The number of hydrazone groups is 1. The zero-order valence-electron chi connectivity index (χ0n) is 17.8. The Morgan fingerprint density at radius 2 is 1.84 bits per heavy atom. The highest BCUT2D eigenvalue weighted by Crippen LogP contribution is 2.28. The number of anilines is 1. The lowest BCUT2D eigenvalue weighted by molar-refractivity contribution is -0.136. The van der Waals surface area contributed by atoms with Crippen LogP contribution in [0, 0.1) is 13.8 Å². The van der Waals surface area contributed by atoms with Crippen LogP contribution in [0.4, 0.5) is 5.69 Å². The highest BCUT2D eigenvalue weighted by Gasteiger charge is 2.16. The number of carbonyl (C=O) groups excluding carboxylic acids is 2. The number of rotatable bonds is 6. The van der Waals surface area contributed by atoms with Crippen LogP contribution in [0.1, 0.15) is 23.9 Å². The standard InChI is InChI=1S/C23H22Cl2N4O3/c1-4-32-21-8-6-5-7-19(21)27-22(30)23(31)28-26-13-16-11-14(2)29(15(16)3)20-12-17(24)9-10-18(20)25/h5-13H,4H2,1-3H3,(H,27,30)(H,28,31)/b26-13-. The number of para-hydroxylation sites is 2. The van der Waals surface area contributed by atoms with Gasteiger partial charge in [-0.2, -0.15) is 5.10 Å². The number of hydrogen-bond donors (Lipinski definition) is 2. The van der Waals surface area contributed by atoms with Crippen molar-refractivity contribution in [1.29, 1.82) is 0 Å². The molecule has 0 aliphatic carbocycles. The van der Waals surface area contributed by atoms with Gasteiger partial charge in [0.05, 0.1) is 29.2 Å². The summed E-state index contributed by atoms with van der Waals surface area (Å²) in [5.41, 5.74) is 5.89. The van der Waals surface area contributed by atoms with Gasteiger partial charge in [-0.1, -0.05) is 35.3 Å². The van der Waals surface area contributed by atoms with Crippen molar-refractivity contribution in [3.8, 4) is 11.4 Å². The summed E-state index contributed by atoms with van der Waals surface area (Å²) in [4.78, 5) is 24.4. The molecule has 0 aliphatic rings. The number of halogens is 2. The van der Waals surface area contributed by atoms with Crippen LogP contribution in [0.25, 0.3) is 5.69 Å². The Bertz CT molecular complexity index is 1190. The van der Waals surface area contributed by atoms with E-state index in [1.165, 1.54) is 6.21 Å². The van der Waals surface area contributed by atoms with E-state index < -0.39 is 11.8 Å². The summed E-state index contributed by atoms with van der Waals surface area (Å²) in [5, 5.41) is 7.56. The third kappa shape index (κ3) is 5.30. The maximum absolute atomic E-state index is 12.2. The van der Waals surface area contributed by atoms with E-state index in [9.17, 15) is 9.59 Å². The van der Waals surface area contributed by atoms with Crippen LogP contribution < -0.4 is 15.5 Å². The van der Waals surface area contributed by atoms with Gasteiger partial charge in [-0.25, -0.2) is 5.43 Å². The van der Waals surface area contributed by atoms with E-state index in [0.717, 1.165) is 22.6 Å². The molecule has 0 atom stereocenters. The van der Waals surface area contributed by atoms with Crippen molar-refractivity contribution in [1.82, 2.24) is 9.99 Å². The second kappa shape index (κ2) is 10.3. The van der Waals surface area contributed by atoms with Crippen molar-refractivity contribution in [3.63, 3.8) is 0 Å². The van der Waals surface area contributed by atoms with E-state index in [1.54, 1.807) is 42.5 Å². The molecular formula is C23H22Cl2N4O3. The zero-order chi connectivity index (χ0) is 23.3. The van der Waals surface area contributed by atoms with E-state index in [1.807, 2.05) is 31.4 Å². The Balaban J connectivity index is 1.71. The van der Waals surface area contributed by atoms with Crippen molar-refractivity contribution >= 4 is 46.9 Å². The second-order valence-electron chi connectivity index (χ2n) is 6.84. The smallest absolute Gasteiger partial charge is 0.329 e. The van der Waals surface area contributed by atoms with Crippen LogP contribution in [0.15, 0.2) is 53.6 Å². The molecule has 0 radical (unpaired) electrons. The van der Waals surface area contributed by atoms with Crippen LogP contribution in [-0.4, -0.2) is 29.2 Å². The summed E-state index contributed by atoms with van der Waals surface area (Å²) in [7, 11) is 0. The molecule has 166 valence electrons. The van der Waals surface area contributed by atoms with Gasteiger partial charge in [0.1, 0.15) is 5.75 Å². The number of nitrogens with one attached hydrogen (secondary N) is 2. The minimum absolute atomic E-state index is 0.403. The number of aromatic nitrogens is 1. The number of carbonyl (C=O) groups is 2. The SMILES string of the molecule is CCOc1ccccc1NC(=O)C(=O)N/N=C\c1cc(C)n(-c2cc(Cl)ccc2Cl)c1C. The predicted molar refractivity (Wildman–Crippen MR) is 127 cm³/mol. The van der Waals surface area contributed by atoms with Gasteiger partial charge in [-0.15, -0.1) is 0 Å². The average molecular weight is 473 g/mol. The summed E-state index contributed by atoms with van der Waals surface area (Å²) in [6, 6.07) is 14.0. The molecule has 0 bridgehead atoms. The van der Waals surface area contributed by atoms with Crippen LogP contribution in [0.3, 0.4) is 0 Å². The first-order valence-electron chi connectivity index (χ1n) is 9.82. The van der Waals surface area contributed by atoms with Crippen molar-refractivity contribution in [2.24, 2.45) is 5.10 Å². The minimum Gasteiger partial charge on any atom is -0.492 e. The number of aryl methyl sites for hydroxylation is 1. The molecule has 0 saturated carbocycles. The fourth-order valence-electron chi connectivity index (χ4n) is 3.19. The normalized spacial score (nSPS) is 10.9. The highest BCUT2D eigenvalue weighted by molar-refractivity contribution is 6.39. The van der Waals surface area contributed by atoms with Gasteiger partial charge in [0.15, 0.2) is 0 Å². The fourth-order valence-corrected chi connectivity index (χ4v) is 3.56. The van der Waals surface area contributed by atoms with Gasteiger partial charge >= 0.3 is 11.8 Å². The lowest BCUT2D eigenvalue weighted by Crippen LogP contribution is -2.32. The molecular weight excluding hydrogens is 451 g/mol. The first kappa shape index (κ1) is 23.4. The molecule has 0 spiro atoms. The second-order valence-corrected chi connectivity index (χ2v) is 7.68. The molecule has 2 N–H and O–H groups in total. The highest BCUT2D eigenvalue weighted by atomic mass is 35.5. The average Bonchev–Trinajstić information content (AvgIpc) is 3.04. The molecule has 0 aliphatic heterocycles. The minimum atomic E-state index is -0.903. The molecule has 0 fully saturated rings. The van der Waals surface area contributed by atoms with Crippen LogP contribution >= 0.6 is 23.2 Å². The number of ether oxygens (including phenoxy) is 1. The molecule has 3 rings (SSSR count). The van der Waals surface area contributed by atoms with E-state index in [4.69, 9.17) is 27.9 Å². The predicted octanol–water partition coefficient (Wildman–Crippen LogP) is 4.89. The summed E-state index contributed by atoms with van der Waals surface area (Å²) in [6.07, 6.45) is 1.47. The Labute approximate surface area is 196 Å². The molecule has 1 heterocycles.